The fourth-order valence-electron chi connectivity index (χ4n) is 6.87. The van der Waals surface area contributed by atoms with Gasteiger partial charge in [-0.25, -0.2) is 15.0 Å². The molecule has 0 unspecified atom stereocenters. The van der Waals surface area contributed by atoms with Gasteiger partial charge in [-0.05, 0) is 60.7 Å². The first-order valence-electron chi connectivity index (χ1n) is 17.1. The lowest BCUT2D eigenvalue weighted by Gasteiger charge is -2.36. The lowest BCUT2D eigenvalue weighted by Crippen LogP contribution is -2.18. The van der Waals surface area contributed by atoms with E-state index < -0.39 is 0 Å². The van der Waals surface area contributed by atoms with Crippen LogP contribution >= 0.6 is 0 Å². The number of aromatic nitrogens is 3. The predicted molar refractivity (Wildman–Crippen MR) is 206 cm³/mol. The number of rotatable bonds is 5. The van der Waals surface area contributed by atoms with Crippen molar-refractivity contribution >= 4 is 34.1 Å². The van der Waals surface area contributed by atoms with E-state index in [1.807, 2.05) is 127 Å². The van der Waals surface area contributed by atoms with Gasteiger partial charge in [-0.15, -0.1) is 0 Å². The van der Waals surface area contributed by atoms with E-state index >= 15 is 0 Å². The lowest BCUT2D eigenvalue weighted by atomic mass is 10.1. The maximum atomic E-state index is 6.65. The molecular weight excluding hydrogens is 643 g/mol. The van der Waals surface area contributed by atoms with E-state index in [0.717, 1.165) is 73.8 Å². The van der Waals surface area contributed by atoms with Crippen molar-refractivity contribution in [1.82, 2.24) is 15.0 Å². The summed E-state index contributed by atoms with van der Waals surface area (Å²) in [6.45, 7) is 0. The van der Waals surface area contributed by atoms with E-state index in [1.54, 1.807) is 0 Å². The van der Waals surface area contributed by atoms with Crippen LogP contribution in [0.25, 0.3) is 34.2 Å². The van der Waals surface area contributed by atoms with Gasteiger partial charge in [0.1, 0.15) is 0 Å². The van der Waals surface area contributed by atoms with Crippen molar-refractivity contribution in [2.24, 2.45) is 0 Å². The minimum Gasteiger partial charge on any atom is -0.453 e. The number of fused-ring (bicyclic) bond motifs is 4. The minimum absolute atomic E-state index is 0.594. The highest BCUT2D eigenvalue weighted by Crippen LogP contribution is 2.55. The normalized spacial score (nSPS) is 12.5. The monoisotopic (exact) mass is 671 g/mol. The highest BCUT2D eigenvalue weighted by atomic mass is 16.5. The van der Waals surface area contributed by atoms with Crippen molar-refractivity contribution in [2.75, 3.05) is 9.80 Å². The van der Waals surface area contributed by atoms with Crippen molar-refractivity contribution in [2.45, 2.75) is 0 Å². The fourth-order valence-corrected chi connectivity index (χ4v) is 6.87. The van der Waals surface area contributed by atoms with Crippen LogP contribution in [0.5, 0.6) is 23.0 Å². The lowest BCUT2D eigenvalue weighted by molar-refractivity contribution is 0.474. The molecule has 3 heterocycles. The van der Waals surface area contributed by atoms with Crippen LogP contribution < -0.4 is 19.3 Å². The van der Waals surface area contributed by atoms with E-state index in [1.165, 1.54) is 0 Å². The minimum atomic E-state index is 0.594. The molecule has 0 atom stereocenters. The summed E-state index contributed by atoms with van der Waals surface area (Å²) in [6.07, 6.45) is 0. The van der Waals surface area contributed by atoms with E-state index in [9.17, 15) is 0 Å². The Kier molecular flexibility index (Phi) is 6.99. The number of nitrogens with zero attached hydrogens (tertiary/aromatic N) is 5. The highest BCUT2D eigenvalue weighted by molar-refractivity contribution is 5.91. The van der Waals surface area contributed by atoms with Crippen LogP contribution in [0.4, 0.5) is 34.1 Å². The van der Waals surface area contributed by atoms with Crippen LogP contribution in [-0.2, 0) is 0 Å². The van der Waals surface area contributed by atoms with Crippen LogP contribution in [0.3, 0.4) is 0 Å². The number of para-hydroxylation sites is 6. The molecule has 10 rings (SSSR count). The molecule has 1 aromatic heterocycles. The number of ether oxygens (including phenoxy) is 2. The van der Waals surface area contributed by atoms with Gasteiger partial charge in [0.05, 0.1) is 28.4 Å². The van der Waals surface area contributed by atoms with Gasteiger partial charge < -0.3 is 19.3 Å². The zero-order valence-corrected chi connectivity index (χ0v) is 27.8. The molecule has 0 fully saturated rings. The zero-order chi connectivity index (χ0) is 34.4. The Bertz CT molecular complexity index is 2510. The van der Waals surface area contributed by atoms with Gasteiger partial charge in [-0.1, -0.05) is 109 Å². The van der Waals surface area contributed by atoms with E-state index in [4.69, 9.17) is 24.4 Å². The topological polar surface area (TPSA) is 63.6 Å². The molecule has 0 amide bonds. The smallest absolute Gasteiger partial charge is 0.164 e. The second kappa shape index (κ2) is 12.3. The van der Waals surface area contributed by atoms with E-state index in [-0.39, 0.29) is 0 Å². The third kappa shape index (κ3) is 5.11. The number of hydrogen-bond acceptors (Lipinski definition) is 7. The summed E-state index contributed by atoms with van der Waals surface area (Å²) in [5.74, 6) is 4.93. The van der Waals surface area contributed by atoms with Gasteiger partial charge in [0.2, 0.25) is 0 Å². The Morgan fingerprint density at radius 2 is 0.712 bits per heavy atom. The van der Waals surface area contributed by atoms with Gasteiger partial charge >= 0.3 is 0 Å². The second-order valence-corrected chi connectivity index (χ2v) is 12.5. The maximum absolute atomic E-state index is 6.65. The number of hydrogen-bond donors (Lipinski definition) is 0. The molecule has 7 nitrogen and oxygen atoms in total. The van der Waals surface area contributed by atoms with Gasteiger partial charge in [0.15, 0.2) is 40.5 Å². The van der Waals surface area contributed by atoms with Crippen LogP contribution in [0.15, 0.2) is 176 Å². The quantitative estimate of drug-likeness (QED) is 0.180. The molecule has 2 aliphatic heterocycles. The Morgan fingerprint density at radius 3 is 1.25 bits per heavy atom. The summed E-state index contributed by atoms with van der Waals surface area (Å²) in [4.78, 5) is 19.3. The van der Waals surface area contributed by atoms with Crippen LogP contribution in [-0.4, -0.2) is 15.0 Å². The summed E-state index contributed by atoms with van der Waals surface area (Å²) in [7, 11) is 0. The molecule has 0 saturated carbocycles. The molecular formula is C45H29N5O2. The first-order valence-corrected chi connectivity index (χ1v) is 17.1. The molecule has 0 aliphatic carbocycles. The third-order valence-electron chi connectivity index (χ3n) is 9.26. The largest absolute Gasteiger partial charge is 0.453 e. The van der Waals surface area contributed by atoms with Crippen molar-refractivity contribution in [3.05, 3.63) is 176 Å². The number of anilines is 6. The SMILES string of the molecule is c1ccc(-c2nc(-c3ccccc3)nc(-c3cccc(N4c5ccccc5Oc5cc(N6c7ccccc7Oc7ccccc76)ccc54)c3)n2)cc1. The molecule has 0 N–H and O–H groups in total. The molecule has 7 heteroatoms. The zero-order valence-electron chi connectivity index (χ0n) is 27.8. The van der Waals surface area contributed by atoms with Gasteiger partial charge in [0, 0.05) is 28.4 Å². The maximum Gasteiger partial charge on any atom is 0.164 e. The molecule has 0 spiro atoms. The Balaban J connectivity index is 1.10. The van der Waals surface area contributed by atoms with Gasteiger partial charge in [-0.2, -0.15) is 0 Å². The standard InChI is InChI=1S/C45H29N5O2/c1-3-14-30(15-4-1)43-46-44(31-16-5-2-6-17-31)48-45(47-43)32-18-13-19-33(28-32)49-37-22-9-12-25-41(37)52-42-29-34(26-27-38(42)49)50-35-20-7-10-23-39(35)51-40-24-11-8-21-36(40)50/h1-29H. The summed E-state index contributed by atoms with van der Waals surface area (Å²) in [5.41, 5.74) is 8.42. The summed E-state index contributed by atoms with van der Waals surface area (Å²) in [5, 5.41) is 0. The van der Waals surface area contributed by atoms with Gasteiger partial charge in [0.25, 0.3) is 0 Å². The van der Waals surface area contributed by atoms with Crippen molar-refractivity contribution in [3.63, 3.8) is 0 Å². The van der Waals surface area contributed by atoms with Crippen LogP contribution in [0.2, 0.25) is 0 Å². The van der Waals surface area contributed by atoms with Gasteiger partial charge in [-0.3, -0.25) is 0 Å². The summed E-state index contributed by atoms with van der Waals surface area (Å²) in [6, 6.07) is 59.1. The Hall–Kier alpha value is -7.25. The molecule has 52 heavy (non-hydrogen) atoms. The van der Waals surface area contributed by atoms with Crippen molar-refractivity contribution in [1.29, 1.82) is 0 Å². The molecule has 0 radical (unpaired) electrons. The molecule has 0 bridgehead atoms. The summed E-state index contributed by atoms with van der Waals surface area (Å²) < 4.78 is 12.9. The van der Waals surface area contributed by atoms with E-state index in [0.29, 0.717) is 17.5 Å². The number of benzene rings is 7. The first kappa shape index (κ1) is 29.6. The fraction of sp³-hybridized carbons (Fsp3) is 0. The average Bonchev–Trinajstić information content (AvgIpc) is 3.22. The van der Waals surface area contributed by atoms with Crippen LogP contribution in [0, 0.1) is 0 Å². The second-order valence-electron chi connectivity index (χ2n) is 12.5. The Morgan fingerprint density at radius 1 is 0.308 bits per heavy atom. The molecule has 0 saturated heterocycles. The molecule has 2 aliphatic rings. The molecule has 7 aromatic carbocycles. The van der Waals surface area contributed by atoms with Crippen molar-refractivity contribution in [3.8, 4) is 57.2 Å². The molecule has 8 aromatic rings. The molecule has 246 valence electrons. The third-order valence-corrected chi connectivity index (χ3v) is 9.26. The summed E-state index contributed by atoms with van der Waals surface area (Å²) >= 11 is 0. The first-order chi connectivity index (χ1) is 25.8. The Labute approximate surface area is 300 Å². The highest BCUT2D eigenvalue weighted by Gasteiger charge is 2.30. The van der Waals surface area contributed by atoms with E-state index in [2.05, 4.69) is 58.3 Å². The predicted octanol–water partition coefficient (Wildman–Crippen LogP) is 12.0. The average molecular weight is 672 g/mol. The van der Waals surface area contributed by atoms with Crippen molar-refractivity contribution < 1.29 is 9.47 Å². The van der Waals surface area contributed by atoms with Crippen LogP contribution in [0.1, 0.15) is 0 Å².